The first kappa shape index (κ1) is 12.1. The lowest BCUT2D eigenvalue weighted by atomic mass is 10.1. The van der Waals surface area contributed by atoms with Gasteiger partial charge in [-0.3, -0.25) is 9.78 Å². The van der Waals surface area contributed by atoms with Crippen molar-refractivity contribution >= 4 is 17.1 Å². The van der Waals surface area contributed by atoms with E-state index in [1.807, 2.05) is 0 Å². The molecule has 8 heteroatoms. The van der Waals surface area contributed by atoms with Gasteiger partial charge < -0.3 is 20.5 Å². The minimum Gasteiger partial charge on any atom is -0.396 e. The number of nitrogen functional groups attached to an aromatic ring is 1. The molecule has 0 unspecified atom stereocenters. The Bertz CT molecular complexity index is 664. The number of rotatable bonds is 2. The molecule has 0 spiro atoms. The van der Waals surface area contributed by atoms with Crippen LogP contribution >= 0.6 is 0 Å². The van der Waals surface area contributed by atoms with Crippen molar-refractivity contribution in [1.29, 1.82) is 0 Å². The molecule has 0 saturated heterocycles. The molecule has 0 bridgehead atoms. The van der Waals surface area contributed by atoms with Gasteiger partial charge in [-0.05, 0) is 12.8 Å². The van der Waals surface area contributed by atoms with E-state index in [4.69, 9.17) is 5.73 Å². The summed E-state index contributed by atoms with van der Waals surface area (Å²) in [5, 5.41) is 19.0. The molecule has 0 radical (unpaired) electrons. The Morgan fingerprint density at radius 2 is 2.32 bits per heavy atom. The van der Waals surface area contributed by atoms with Crippen LogP contribution in [0.15, 0.2) is 11.1 Å². The van der Waals surface area contributed by atoms with Gasteiger partial charge in [-0.1, -0.05) is 0 Å². The third-order valence-corrected chi connectivity index (χ3v) is 3.71. The fourth-order valence-corrected chi connectivity index (χ4v) is 2.71. The SMILES string of the molecule is Nc1nc2c(ncn2[C@H]2C[C@@H](CO)[C@@H](O)C2)c(=O)[nH]1. The predicted molar refractivity (Wildman–Crippen MR) is 67.4 cm³/mol. The maximum absolute atomic E-state index is 11.7. The summed E-state index contributed by atoms with van der Waals surface area (Å²) in [7, 11) is 0. The number of nitrogens with zero attached hydrogens (tertiary/aromatic N) is 3. The minimum absolute atomic E-state index is 0.0363. The van der Waals surface area contributed by atoms with Crippen molar-refractivity contribution < 1.29 is 10.2 Å². The Morgan fingerprint density at radius 3 is 3.00 bits per heavy atom. The molecule has 3 atom stereocenters. The van der Waals surface area contributed by atoms with E-state index in [0.29, 0.717) is 18.5 Å². The van der Waals surface area contributed by atoms with Crippen molar-refractivity contribution in [3.05, 3.63) is 16.7 Å². The highest BCUT2D eigenvalue weighted by Gasteiger charge is 2.34. The summed E-state index contributed by atoms with van der Waals surface area (Å²) in [6, 6.07) is -0.0363. The molecule has 1 fully saturated rings. The summed E-state index contributed by atoms with van der Waals surface area (Å²) in [5.41, 5.74) is 5.81. The van der Waals surface area contributed by atoms with Gasteiger partial charge in [0.15, 0.2) is 11.2 Å². The lowest BCUT2D eigenvalue weighted by Gasteiger charge is -2.11. The van der Waals surface area contributed by atoms with E-state index >= 15 is 0 Å². The summed E-state index contributed by atoms with van der Waals surface area (Å²) in [6.45, 7) is -0.0551. The number of imidazole rings is 1. The Hall–Kier alpha value is -1.93. The monoisotopic (exact) mass is 265 g/mol. The number of aromatic amines is 1. The Morgan fingerprint density at radius 1 is 1.53 bits per heavy atom. The summed E-state index contributed by atoms with van der Waals surface area (Å²) >= 11 is 0. The third kappa shape index (κ3) is 1.89. The Labute approximate surface area is 107 Å². The predicted octanol–water partition coefficient (Wildman–Crippen LogP) is -0.994. The van der Waals surface area contributed by atoms with Gasteiger partial charge in [0, 0.05) is 18.6 Å². The summed E-state index contributed by atoms with van der Waals surface area (Å²) in [4.78, 5) is 22.2. The highest BCUT2D eigenvalue weighted by atomic mass is 16.3. The van der Waals surface area contributed by atoms with Gasteiger partial charge in [0.2, 0.25) is 5.95 Å². The van der Waals surface area contributed by atoms with E-state index in [2.05, 4.69) is 15.0 Å². The number of hydrogen-bond acceptors (Lipinski definition) is 6. The number of anilines is 1. The average Bonchev–Trinajstić information content (AvgIpc) is 2.92. The minimum atomic E-state index is -0.549. The molecule has 2 aromatic rings. The second kappa shape index (κ2) is 4.32. The second-order valence-corrected chi connectivity index (χ2v) is 4.91. The first-order valence-electron chi connectivity index (χ1n) is 6.11. The van der Waals surface area contributed by atoms with E-state index in [1.54, 1.807) is 4.57 Å². The zero-order valence-electron chi connectivity index (χ0n) is 10.2. The largest absolute Gasteiger partial charge is 0.396 e. The second-order valence-electron chi connectivity index (χ2n) is 4.91. The summed E-state index contributed by atoms with van der Waals surface area (Å²) in [5.74, 6) is -0.113. The number of aromatic nitrogens is 4. The highest BCUT2D eigenvalue weighted by molar-refractivity contribution is 5.70. The molecule has 1 aliphatic rings. The van der Waals surface area contributed by atoms with Crippen molar-refractivity contribution in [1.82, 2.24) is 19.5 Å². The normalized spacial score (nSPS) is 27.2. The number of H-pyrrole nitrogens is 1. The van der Waals surface area contributed by atoms with Crippen LogP contribution in [0.3, 0.4) is 0 Å². The molecule has 0 aromatic carbocycles. The molecule has 2 aromatic heterocycles. The fraction of sp³-hybridized carbons (Fsp3) is 0.545. The van der Waals surface area contributed by atoms with E-state index in [-0.39, 0.29) is 35.6 Å². The molecular formula is C11H15N5O3. The maximum atomic E-state index is 11.7. The zero-order valence-corrected chi connectivity index (χ0v) is 10.2. The third-order valence-electron chi connectivity index (χ3n) is 3.71. The first-order valence-corrected chi connectivity index (χ1v) is 6.11. The molecule has 19 heavy (non-hydrogen) atoms. The van der Waals surface area contributed by atoms with Crippen LogP contribution in [0, 0.1) is 5.92 Å². The van der Waals surface area contributed by atoms with Crippen LogP contribution in [0.2, 0.25) is 0 Å². The highest BCUT2D eigenvalue weighted by Crippen LogP contribution is 2.35. The number of nitrogens with one attached hydrogen (secondary N) is 1. The van der Waals surface area contributed by atoms with Crippen LogP contribution in [-0.4, -0.2) is 42.4 Å². The molecule has 1 aliphatic carbocycles. The van der Waals surface area contributed by atoms with Crippen LogP contribution in [0.4, 0.5) is 5.95 Å². The van der Waals surface area contributed by atoms with Gasteiger partial charge in [-0.15, -0.1) is 0 Å². The molecule has 1 saturated carbocycles. The van der Waals surface area contributed by atoms with Gasteiger partial charge in [0.05, 0.1) is 12.4 Å². The van der Waals surface area contributed by atoms with Gasteiger partial charge in [0.1, 0.15) is 0 Å². The topological polar surface area (TPSA) is 130 Å². The Kier molecular flexibility index (Phi) is 2.76. The van der Waals surface area contributed by atoms with E-state index in [1.165, 1.54) is 6.33 Å². The maximum Gasteiger partial charge on any atom is 0.280 e. The molecule has 3 rings (SSSR count). The number of nitrogens with two attached hydrogens (primary N) is 1. The van der Waals surface area contributed by atoms with E-state index in [9.17, 15) is 15.0 Å². The number of fused-ring (bicyclic) bond motifs is 1. The van der Waals surface area contributed by atoms with Crippen molar-refractivity contribution in [2.75, 3.05) is 12.3 Å². The van der Waals surface area contributed by atoms with Gasteiger partial charge in [-0.25, -0.2) is 4.98 Å². The molecule has 0 amide bonds. The Balaban J connectivity index is 2.05. The van der Waals surface area contributed by atoms with Gasteiger partial charge >= 0.3 is 0 Å². The van der Waals surface area contributed by atoms with Gasteiger partial charge in [-0.2, -0.15) is 4.98 Å². The number of aliphatic hydroxyl groups excluding tert-OH is 2. The number of aliphatic hydroxyl groups is 2. The van der Waals surface area contributed by atoms with Crippen molar-refractivity contribution in [3.8, 4) is 0 Å². The zero-order chi connectivity index (χ0) is 13.6. The molecule has 102 valence electrons. The van der Waals surface area contributed by atoms with Gasteiger partial charge in [0.25, 0.3) is 5.56 Å². The quantitative estimate of drug-likeness (QED) is 0.551. The fourth-order valence-electron chi connectivity index (χ4n) is 2.71. The van der Waals surface area contributed by atoms with Crippen LogP contribution in [0.25, 0.3) is 11.2 Å². The number of hydrogen-bond donors (Lipinski definition) is 4. The standard InChI is InChI=1S/C11H15N5O3/c12-11-14-9-8(10(19)15-11)13-4-16(9)6-1-5(3-17)7(18)2-6/h4-7,17-18H,1-3H2,(H3,12,14,15,19)/t5-,6-,7-/m0/s1. The molecule has 5 N–H and O–H groups in total. The average molecular weight is 265 g/mol. The van der Waals surface area contributed by atoms with E-state index in [0.717, 1.165) is 0 Å². The smallest absolute Gasteiger partial charge is 0.280 e. The summed E-state index contributed by atoms with van der Waals surface area (Å²) < 4.78 is 1.75. The van der Waals surface area contributed by atoms with Crippen molar-refractivity contribution in [2.45, 2.75) is 25.0 Å². The summed E-state index contributed by atoms with van der Waals surface area (Å²) in [6.07, 6.45) is 2.11. The molecular weight excluding hydrogens is 250 g/mol. The molecule has 2 heterocycles. The van der Waals surface area contributed by atoms with Crippen molar-refractivity contribution in [2.24, 2.45) is 5.92 Å². The molecule has 8 nitrogen and oxygen atoms in total. The van der Waals surface area contributed by atoms with Crippen LogP contribution in [-0.2, 0) is 0 Å². The van der Waals surface area contributed by atoms with E-state index < -0.39 is 6.10 Å². The van der Waals surface area contributed by atoms with Crippen LogP contribution in [0.5, 0.6) is 0 Å². The van der Waals surface area contributed by atoms with Crippen LogP contribution in [0.1, 0.15) is 18.9 Å². The lowest BCUT2D eigenvalue weighted by Crippen LogP contribution is -2.16. The molecule has 0 aliphatic heterocycles. The van der Waals surface area contributed by atoms with Crippen molar-refractivity contribution in [3.63, 3.8) is 0 Å². The lowest BCUT2D eigenvalue weighted by molar-refractivity contribution is 0.0906. The van der Waals surface area contributed by atoms with Crippen LogP contribution < -0.4 is 11.3 Å². The first-order chi connectivity index (χ1) is 9.10.